The molecule has 0 aliphatic carbocycles. The predicted molar refractivity (Wildman–Crippen MR) is 71.6 cm³/mol. The van der Waals surface area contributed by atoms with E-state index in [0.717, 1.165) is 20.9 Å². The number of nitrogen functional groups attached to an aromatic ring is 1. The number of nitrogens with zero attached hydrogens (tertiary/aromatic N) is 1. The van der Waals surface area contributed by atoms with Crippen LogP contribution in [0.2, 0.25) is 0 Å². The Bertz CT molecular complexity index is 691. The molecule has 1 heterocycles. The van der Waals surface area contributed by atoms with Crippen molar-refractivity contribution in [3.8, 4) is 11.3 Å². The van der Waals surface area contributed by atoms with Gasteiger partial charge in [0.15, 0.2) is 5.76 Å². The third kappa shape index (κ3) is 1.70. The van der Waals surface area contributed by atoms with Gasteiger partial charge in [-0.3, -0.25) is 0 Å². The maximum Gasteiger partial charge on any atom is 0.176 e. The number of para-hydroxylation sites is 1. The Kier molecular flexibility index (Phi) is 2.37. The highest BCUT2D eigenvalue weighted by molar-refractivity contribution is 9.10. The molecule has 0 radical (unpaired) electrons. The highest BCUT2D eigenvalue weighted by atomic mass is 79.9. The van der Waals surface area contributed by atoms with Gasteiger partial charge in [-0.15, -0.1) is 0 Å². The number of hydrogen-bond donors (Lipinski definition) is 1. The number of aromatic nitrogens is 1. The minimum Gasteiger partial charge on any atom is -0.398 e. The predicted octanol–water partition coefficient (Wildman–Crippen LogP) is 3.84. The lowest BCUT2D eigenvalue weighted by molar-refractivity contribution is 0.441. The van der Waals surface area contributed by atoms with Crippen LogP contribution in [-0.4, -0.2) is 5.16 Å². The molecule has 2 aromatic carbocycles. The Morgan fingerprint density at radius 3 is 2.76 bits per heavy atom. The van der Waals surface area contributed by atoms with Crippen LogP contribution in [0.25, 0.3) is 22.2 Å². The molecule has 0 fully saturated rings. The van der Waals surface area contributed by atoms with Crippen molar-refractivity contribution in [2.24, 2.45) is 0 Å². The second-order valence-corrected chi connectivity index (χ2v) is 4.68. The molecule has 0 saturated heterocycles. The van der Waals surface area contributed by atoms with E-state index >= 15 is 0 Å². The minimum absolute atomic E-state index is 0.686. The minimum atomic E-state index is 0.686. The van der Waals surface area contributed by atoms with Gasteiger partial charge in [0.05, 0.1) is 5.39 Å². The third-order valence-corrected chi connectivity index (χ3v) is 3.14. The van der Waals surface area contributed by atoms with E-state index in [9.17, 15) is 0 Å². The summed E-state index contributed by atoms with van der Waals surface area (Å²) in [6.07, 6.45) is 0. The molecule has 1 aromatic heterocycles. The fourth-order valence-electron chi connectivity index (χ4n) is 1.81. The smallest absolute Gasteiger partial charge is 0.176 e. The van der Waals surface area contributed by atoms with Gasteiger partial charge in [-0.1, -0.05) is 33.2 Å². The van der Waals surface area contributed by atoms with E-state index in [1.54, 1.807) is 0 Å². The van der Waals surface area contributed by atoms with Crippen molar-refractivity contribution in [1.82, 2.24) is 5.16 Å². The zero-order valence-electron chi connectivity index (χ0n) is 8.85. The van der Waals surface area contributed by atoms with E-state index in [1.807, 2.05) is 42.5 Å². The molecule has 0 atom stereocenters. The lowest BCUT2D eigenvalue weighted by Gasteiger charge is -2.01. The zero-order chi connectivity index (χ0) is 11.8. The van der Waals surface area contributed by atoms with Gasteiger partial charge in [0.1, 0.15) is 5.52 Å². The molecule has 0 aliphatic rings. The number of rotatable bonds is 1. The summed E-state index contributed by atoms with van der Waals surface area (Å²) < 4.78 is 6.38. The molecule has 0 saturated carbocycles. The SMILES string of the molecule is Nc1ccccc1-c1onc2ccc(Br)cc12. The van der Waals surface area contributed by atoms with Crippen molar-refractivity contribution in [3.63, 3.8) is 0 Å². The molecule has 84 valence electrons. The number of hydrogen-bond acceptors (Lipinski definition) is 3. The maximum absolute atomic E-state index is 5.94. The lowest BCUT2D eigenvalue weighted by atomic mass is 10.1. The Hall–Kier alpha value is -1.81. The first-order valence-corrected chi connectivity index (χ1v) is 5.95. The lowest BCUT2D eigenvalue weighted by Crippen LogP contribution is -1.88. The van der Waals surface area contributed by atoms with Crippen LogP contribution in [0.15, 0.2) is 51.5 Å². The van der Waals surface area contributed by atoms with E-state index in [1.165, 1.54) is 0 Å². The molecule has 2 N–H and O–H groups in total. The molecular weight excluding hydrogens is 280 g/mol. The Morgan fingerprint density at radius 2 is 1.94 bits per heavy atom. The summed E-state index contributed by atoms with van der Waals surface area (Å²) in [6, 6.07) is 13.4. The maximum atomic E-state index is 5.94. The van der Waals surface area contributed by atoms with E-state index in [0.29, 0.717) is 11.4 Å². The molecule has 0 aliphatic heterocycles. The first kappa shape index (κ1) is 10.4. The van der Waals surface area contributed by atoms with Crippen molar-refractivity contribution in [2.45, 2.75) is 0 Å². The van der Waals surface area contributed by atoms with Gasteiger partial charge in [0.25, 0.3) is 0 Å². The van der Waals surface area contributed by atoms with Gasteiger partial charge in [-0.25, -0.2) is 0 Å². The Morgan fingerprint density at radius 1 is 1.12 bits per heavy atom. The van der Waals surface area contributed by atoms with Crippen LogP contribution in [0.5, 0.6) is 0 Å². The quantitative estimate of drug-likeness (QED) is 0.692. The highest BCUT2D eigenvalue weighted by Gasteiger charge is 2.12. The first-order valence-electron chi connectivity index (χ1n) is 5.15. The molecule has 0 bridgehead atoms. The van der Waals surface area contributed by atoms with Gasteiger partial charge in [0.2, 0.25) is 0 Å². The molecule has 0 unspecified atom stereocenters. The summed E-state index contributed by atoms with van der Waals surface area (Å²) in [5.41, 5.74) is 8.32. The van der Waals surface area contributed by atoms with E-state index < -0.39 is 0 Å². The van der Waals surface area contributed by atoms with Crippen LogP contribution in [0, 0.1) is 0 Å². The van der Waals surface area contributed by atoms with E-state index in [2.05, 4.69) is 21.1 Å². The Labute approximate surface area is 106 Å². The summed E-state index contributed by atoms with van der Waals surface area (Å²) in [4.78, 5) is 0. The van der Waals surface area contributed by atoms with Crippen molar-refractivity contribution >= 4 is 32.5 Å². The van der Waals surface area contributed by atoms with Gasteiger partial charge in [-0.2, -0.15) is 0 Å². The van der Waals surface area contributed by atoms with Gasteiger partial charge in [-0.05, 0) is 30.3 Å². The topological polar surface area (TPSA) is 52.0 Å². The molecule has 4 heteroatoms. The van der Waals surface area contributed by atoms with E-state index in [-0.39, 0.29) is 0 Å². The summed E-state index contributed by atoms with van der Waals surface area (Å²) in [5.74, 6) is 0.708. The van der Waals surface area contributed by atoms with Crippen molar-refractivity contribution < 1.29 is 4.52 Å². The number of benzene rings is 2. The fraction of sp³-hybridized carbons (Fsp3) is 0. The summed E-state index contributed by atoms with van der Waals surface area (Å²) >= 11 is 3.44. The fourth-order valence-corrected chi connectivity index (χ4v) is 2.17. The van der Waals surface area contributed by atoms with Crippen molar-refractivity contribution in [2.75, 3.05) is 5.73 Å². The number of fused-ring (bicyclic) bond motifs is 1. The van der Waals surface area contributed by atoms with Crippen LogP contribution in [0.3, 0.4) is 0 Å². The average Bonchev–Trinajstić information content (AvgIpc) is 2.72. The highest BCUT2D eigenvalue weighted by Crippen LogP contribution is 2.33. The molecule has 0 amide bonds. The molecule has 3 rings (SSSR count). The molecule has 3 aromatic rings. The van der Waals surface area contributed by atoms with Gasteiger partial charge in [0, 0.05) is 15.7 Å². The third-order valence-electron chi connectivity index (χ3n) is 2.64. The van der Waals surface area contributed by atoms with Crippen LogP contribution in [0.4, 0.5) is 5.69 Å². The first-order chi connectivity index (χ1) is 8.25. The van der Waals surface area contributed by atoms with Crippen molar-refractivity contribution in [1.29, 1.82) is 0 Å². The van der Waals surface area contributed by atoms with Crippen LogP contribution < -0.4 is 5.73 Å². The zero-order valence-corrected chi connectivity index (χ0v) is 10.4. The number of anilines is 1. The number of halogens is 1. The molecule has 17 heavy (non-hydrogen) atoms. The summed E-state index contributed by atoms with van der Waals surface area (Å²) in [5, 5.41) is 4.98. The standard InChI is InChI=1S/C13H9BrN2O/c14-8-5-6-12-10(7-8)13(17-16-12)9-3-1-2-4-11(9)15/h1-7H,15H2. The average molecular weight is 289 g/mol. The molecule has 0 spiro atoms. The van der Waals surface area contributed by atoms with E-state index in [4.69, 9.17) is 10.3 Å². The number of nitrogens with two attached hydrogens (primary N) is 1. The monoisotopic (exact) mass is 288 g/mol. The van der Waals surface area contributed by atoms with Gasteiger partial charge >= 0.3 is 0 Å². The second kappa shape index (κ2) is 3.89. The van der Waals surface area contributed by atoms with Crippen molar-refractivity contribution in [3.05, 3.63) is 46.9 Å². The Balaban J connectivity index is 2.31. The summed E-state index contributed by atoms with van der Waals surface area (Å²) in [7, 11) is 0. The molecule has 3 nitrogen and oxygen atoms in total. The summed E-state index contributed by atoms with van der Waals surface area (Å²) in [6.45, 7) is 0. The molecular formula is C13H9BrN2O. The normalized spacial score (nSPS) is 10.9. The van der Waals surface area contributed by atoms with Crippen LogP contribution >= 0.6 is 15.9 Å². The van der Waals surface area contributed by atoms with Crippen LogP contribution in [0.1, 0.15) is 0 Å². The van der Waals surface area contributed by atoms with Crippen LogP contribution in [-0.2, 0) is 0 Å². The largest absolute Gasteiger partial charge is 0.398 e. The second-order valence-electron chi connectivity index (χ2n) is 3.76. The van der Waals surface area contributed by atoms with Gasteiger partial charge < -0.3 is 10.3 Å².